The van der Waals surface area contributed by atoms with Crippen LogP contribution in [0.25, 0.3) is 0 Å². The molecule has 1 aromatic rings. The first-order chi connectivity index (χ1) is 9.10. The van der Waals surface area contributed by atoms with Crippen LogP contribution in [0, 0.1) is 10.1 Å². The molecule has 2 rings (SSSR count). The van der Waals surface area contributed by atoms with Crippen molar-refractivity contribution in [3.63, 3.8) is 0 Å². The Bertz CT molecular complexity index is 456. The van der Waals surface area contributed by atoms with Crippen LogP contribution in [0.3, 0.4) is 0 Å². The van der Waals surface area contributed by atoms with Crippen molar-refractivity contribution in [3.05, 3.63) is 33.9 Å². The summed E-state index contributed by atoms with van der Waals surface area (Å²) in [6.07, 6.45) is 0. The van der Waals surface area contributed by atoms with Gasteiger partial charge in [-0.1, -0.05) is 13.0 Å². The third kappa shape index (κ3) is 3.42. The molecule has 0 saturated carbocycles. The molecule has 0 amide bonds. The zero-order valence-electron chi connectivity index (χ0n) is 11.2. The summed E-state index contributed by atoms with van der Waals surface area (Å²) in [6, 6.07) is 5.08. The molecule has 1 aliphatic rings. The first kappa shape index (κ1) is 13.8. The van der Waals surface area contributed by atoms with E-state index in [1.165, 1.54) is 0 Å². The summed E-state index contributed by atoms with van der Waals surface area (Å²) in [5.41, 5.74) is 6.78. The molecule has 0 unspecified atom stereocenters. The van der Waals surface area contributed by atoms with Gasteiger partial charge in [0.05, 0.1) is 4.92 Å². The number of nitro benzene ring substituents is 1. The number of hydrogen-bond acceptors (Lipinski definition) is 5. The van der Waals surface area contributed by atoms with E-state index in [-0.39, 0.29) is 11.4 Å². The highest BCUT2D eigenvalue weighted by molar-refractivity contribution is 5.59. The molecule has 0 radical (unpaired) electrons. The number of likely N-dealkylation sites (N-methyl/N-ethyl adjacent to an activating group) is 1. The maximum Gasteiger partial charge on any atom is 0.292 e. The average molecular weight is 264 g/mol. The van der Waals surface area contributed by atoms with E-state index in [0.717, 1.165) is 44.8 Å². The Labute approximate surface area is 112 Å². The number of nitrogens with two attached hydrogens (primary N) is 1. The summed E-state index contributed by atoms with van der Waals surface area (Å²) >= 11 is 0. The molecule has 0 bridgehead atoms. The van der Waals surface area contributed by atoms with Gasteiger partial charge in [-0.05, 0) is 18.2 Å². The lowest BCUT2D eigenvalue weighted by Crippen LogP contribution is -2.45. The molecule has 1 heterocycles. The summed E-state index contributed by atoms with van der Waals surface area (Å²) in [4.78, 5) is 15.2. The molecule has 0 aliphatic carbocycles. The number of rotatable bonds is 4. The van der Waals surface area contributed by atoms with E-state index in [4.69, 9.17) is 5.73 Å². The van der Waals surface area contributed by atoms with Crippen LogP contribution in [0.1, 0.15) is 12.5 Å². The van der Waals surface area contributed by atoms with Crippen molar-refractivity contribution in [2.75, 3.05) is 38.5 Å². The van der Waals surface area contributed by atoms with Gasteiger partial charge in [0.1, 0.15) is 5.69 Å². The van der Waals surface area contributed by atoms with Gasteiger partial charge in [0.25, 0.3) is 5.69 Å². The molecule has 2 N–H and O–H groups in total. The lowest BCUT2D eigenvalue weighted by molar-refractivity contribution is -0.384. The molecule has 19 heavy (non-hydrogen) atoms. The van der Waals surface area contributed by atoms with Crippen LogP contribution in [0.2, 0.25) is 0 Å². The quantitative estimate of drug-likeness (QED) is 0.504. The van der Waals surface area contributed by atoms with Gasteiger partial charge in [-0.15, -0.1) is 0 Å². The summed E-state index contributed by atoms with van der Waals surface area (Å²) in [5, 5.41) is 10.9. The van der Waals surface area contributed by atoms with Gasteiger partial charge < -0.3 is 10.6 Å². The minimum Gasteiger partial charge on any atom is -0.393 e. The van der Waals surface area contributed by atoms with E-state index in [2.05, 4.69) is 16.7 Å². The Kier molecular flexibility index (Phi) is 4.34. The Hall–Kier alpha value is -1.66. The third-order valence-corrected chi connectivity index (χ3v) is 3.61. The van der Waals surface area contributed by atoms with Gasteiger partial charge in [-0.2, -0.15) is 0 Å². The number of hydrogen-bond donors (Lipinski definition) is 1. The monoisotopic (exact) mass is 264 g/mol. The fraction of sp³-hybridized carbons (Fsp3) is 0.538. The first-order valence-electron chi connectivity index (χ1n) is 6.57. The lowest BCUT2D eigenvalue weighted by Gasteiger charge is -2.34. The standard InChI is InChI=1S/C13H20N4O2/c1-2-15-5-7-16(8-6-15)10-11-3-4-12(14)13(9-11)17(18)19/h3-4,9H,2,5-8,10,14H2,1H3. The molecular formula is C13H20N4O2. The minimum absolute atomic E-state index is 0.00435. The van der Waals surface area contributed by atoms with Gasteiger partial charge in [-0.3, -0.25) is 15.0 Å². The van der Waals surface area contributed by atoms with E-state index >= 15 is 0 Å². The predicted molar refractivity (Wildman–Crippen MR) is 74.9 cm³/mol. The molecule has 6 nitrogen and oxygen atoms in total. The van der Waals surface area contributed by atoms with E-state index < -0.39 is 4.92 Å². The first-order valence-corrected chi connectivity index (χ1v) is 6.57. The molecule has 1 saturated heterocycles. The SMILES string of the molecule is CCN1CCN(Cc2ccc(N)c([N+](=O)[O-])c2)CC1. The third-order valence-electron chi connectivity index (χ3n) is 3.61. The van der Waals surface area contributed by atoms with Crippen LogP contribution in [-0.2, 0) is 6.54 Å². The number of piperazine rings is 1. The molecule has 104 valence electrons. The Morgan fingerprint density at radius 2 is 1.89 bits per heavy atom. The fourth-order valence-electron chi connectivity index (χ4n) is 2.37. The highest BCUT2D eigenvalue weighted by Gasteiger charge is 2.17. The molecule has 0 aromatic heterocycles. The van der Waals surface area contributed by atoms with Crippen LogP contribution in [0.4, 0.5) is 11.4 Å². The van der Waals surface area contributed by atoms with Crippen LogP contribution in [0.5, 0.6) is 0 Å². The van der Waals surface area contributed by atoms with Crippen molar-refractivity contribution in [1.82, 2.24) is 9.80 Å². The van der Waals surface area contributed by atoms with E-state index in [0.29, 0.717) is 0 Å². The number of nitrogens with zero attached hydrogens (tertiary/aromatic N) is 3. The van der Waals surface area contributed by atoms with Crippen molar-refractivity contribution in [1.29, 1.82) is 0 Å². The Morgan fingerprint density at radius 1 is 1.26 bits per heavy atom. The minimum atomic E-state index is -0.423. The molecule has 1 aliphatic heterocycles. The second kappa shape index (κ2) is 5.99. The van der Waals surface area contributed by atoms with Gasteiger partial charge in [0, 0.05) is 38.8 Å². The largest absolute Gasteiger partial charge is 0.393 e. The summed E-state index contributed by atoms with van der Waals surface area (Å²) < 4.78 is 0. The second-order valence-electron chi connectivity index (χ2n) is 4.86. The maximum absolute atomic E-state index is 10.9. The molecular weight excluding hydrogens is 244 g/mol. The van der Waals surface area contributed by atoms with E-state index in [1.807, 2.05) is 6.07 Å². The van der Waals surface area contributed by atoms with Gasteiger partial charge in [0.2, 0.25) is 0 Å². The maximum atomic E-state index is 10.9. The smallest absolute Gasteiger partial charge is 0.292 e. The van der Waals surface area contributed by atoms with Crippen LogP contribution < -0.4 is 5.73 Å². The van der Waals surface area contributed by atoms with Crippen LogP contribution >= 0.6 is 0 Å². The highest BCUT2D eigenvalue weighted by Crippen LogP contribution is 2.23. The average Bonchev–Trinajstić information content (AvgIpc) is 2.41. The van der Waals surface area contributed by atoms with Gasteiger partial charge in [-0.25, -0.2) is 0 Å². The topological polar surface area (TPSA) is 75.6 Å². The van der Waals surface area contributed by atoms with Crippen molar-refractivity contribution in [3.8, 4) is 0 Å². The van der Waals surface area contributed by atoms with Crippen molar-refractivity contribution in [2.24, 2.45) is 0 Å². The molecule has 1 fully saturated rings. The van der Waals surface area contributed by atoms with Crippen molar-refractivity contribution >= 4 is 11.4 Å². The summed E-state index contributed by atoms with van der Waals surface area (Å²) in [5.74, 6) is 0. The number of benzene rings is 1. The van der Waals surface area contributed by atoms with E-state index in [9.17, 15) is 10.1 Å². The number of nitrogen functional groups attached to an aromatic ring is 1. The lowest BCUT2D eigenvalue weighted by atomic mass is 10.1. The summed E-state index contributed by atoms with van der Waals surface area (Å²) in [6.45, 7) is 8.14. The molecule has 0 atom stereocenters. The molecule has 1 aromatic carbocycles. The Morgan fingerprint density at radius 3 is 2.47 bits per heavy atom. The molecule has 0 spiro atoms. The normalized spacial score (nSPS) is 17.5. The van der Waals surface area contributed by atoms with E-state index in [1.54, 1.807) is 12.1 Å². The van der Waals surface area contributed by atoms with Gasteiger partial charge in [0.15, 0.2) is 0 Å². The van der Waals surface area contributed by atoms with Crippen LogP contribution in [-0.4, -0.2) is 47.4 Å². The van der Waals surface area contributed by atoms with Gasteiger partial charge >= 0.3 is 0 Å². The number of anilines is 1. The second-order valence-corrected chi connectivity index (χ2v) is 4.86. The zero-order valence-corrected chi connectivity index (χ0v) is 11.2. The zero-order chi connectivity index (χ0) is 13.8. The number of nitro groups is 1. The Balaban J connectivity index is 2.00. The van der Waals surface area contributed by atoms with Crippen molar-refractivity contribution < 1.29 is 4.92 Å². The van der Waals surface area contributed by atoms with Crippen LogP contribution in [0.15, 0.2) is 18.2 Å². The fourth-order valence-corrected chi connectivity index (χ4v) is 2.37. The predicted octanol–water partition coefficient (Wildman–Crippen LogP) is 1.31. The summed E-state index contributed by atoms with van der Waals surface area (Å²) in [7, 11) is 0. The molecule has 6 heteroatoms. The highest BCUT2D eigenvalue weighted by atomic mass is 16.6. The van der Waals surface area contributed by atoms with Crippen molar-refractivity contribution in [2.45, 2.75) is 13.5 Å².